The topological polar surface area (TPSA) is 70.6 Å². The molecule has 21 heavy (non-hydrogen) atoms. The maximum Gasteiger partial charge on any atom is 0.315 e. The zero-order valence-electron chi connectivity index (χ0n) is 12.4. The lowest BCUT2D eigenvalue weighted by Crippen LogP contribution is -2.45. The summed E-state index contributed by atoms with van der Waals surface area (Å²) in [6.45, 7) is 3.19. The fraction of sp³-hybridized carbons (Fsp3) is 0.562. The molecule has 0 bridgehead atoms. The van der Waals surface area contributed by atoms with Gasteiger partial charge in [0.05, 0.1) is 18.8 Å². The Morgan fingerprint density at radius 3 is 2.86 bits per heavy atom. The Morgan fingerprint density at radius 1 is 1.43 bits per heavy atom. The standard InChI is InChI=1S/C16H24N2O3/c1-2-14(11-19)18-16(20)17-10-13-8-9-21-15(13)12-6-4-3-5-7-12/h3-7,13-15,19H,2,8-11H2,1H3,(H2,17,18,20)/t13-,14+,15+/m1/s1. The molecule has 1 heterocycles. The largest absolute Gasteiger partial charge is 0.394 e. The Balaban J connectivity index is 1.83. The molecule has 1 aromatic carbocycles. The summed E-state index contributed by atoms with van der Waals surface area (Å²) in [5.41, 5.74) is 1.16. The van der Waals surface area contributed by atoms with Crippen LogP contribution < -0.4 is 10.6 Å². The maximum atomic E-state index is 11.8. The van der Waals surface area contributed by atoms with Crippen molar-refractivity contribution in [3.05, 3.63) is 35.9 Å². The van der Waals surface area contributed by atoms with Gasteiger partial charge in [-0.1, -0.05) is 37.3 Å². The van der Waals surface area contributed by atoms with E-state index in [2.05, 4.69) is 22.8 Å². The molecule has 0 aromatic heterocycles. The molecule has 0 saturated carbocycles. The summed E-state index contributed by atoms with van der Waals surface area (Å²) >= 11 is 0. The summed E-state index contributed by atoms with van der Waals surface area (Å²) < 4.78 is 5.80. The molecule has 5 heteroatoms. The number of urea groups is 1. The summed E-state index contributed by atoms with van der Waals surface area (Å²) in [7, 11) is 0. The molecular formula is C16H24N2O3. The summed E-state index contributed by atoms with van der Waals surface area (Å²) in [5, 5.41) is 14.7. The van der Waals surface area contributed by atoms with E-state index in [1.807, 2.05) is 25.1 Å². The summed E-state index contributed by atoms with van der Waals surface area (Å²) in [4.78, 5) is 11.8. The van der Waals surface area contributed by atoms with E-state index in [1.54, 1.807) is 0 Å². The van der Waals surface area contributed by atoms with Gasteiger partial charge in [-0.25, -0.2) is 4.79 Å². The van der Waals surface area contributed by atoms with E-state index in [0.29, 0.717) is 13.0 Å². The van der Waals surface area contributed by atoms with Gasteiger partial charge in [-0.3, -0.25) is 0 Å². The van der Waals surface area contributed by atoms with Crippen molar-refractivity contribution in [3.8, 4) is 0 Å². The van der Waals surface area contributed by atoms with Crippen LogP contribution in [0.15, 0.2) is 30.3 Å². The number of hydrogen-bond acceptors (Lipinski definition) is 3. The maximum absolute atomic E-state index is 11.8. The van der Waals surface area contributed by atoms with Gasteiger partial charge >= 0.3 is 6.03 Å². The number of carbonyl (C=O) groups excluding carboxylic acids is 1. The lowest BCUT2D eigenvalue weighted by molar-refractivity contribution is 0.0909. The molecule has 1 aliphatic rings. The smallest absolute Gasteiger partial charge is 0.315 e. The molecule has 0 aliphatic carbocycles. The molecule has 1 aliphatic heterocycles. The molecule has 1 aromatic rings. The Labute approximate surface area is 125 Å². The molecule has 2 amide bonds. The summed E-state index contributed by atoms with van der Waals surface area (Å²) in [6, 6.07) is 9.69. The molecular weight excluding hydrogens is 268 g/mol. The van der Waals surface area contributed by atoms with Crippen LogP contribution >= 0.6 is 0 Å². The summed E-state index contributed by atoms with van der Waals surface area (Å²) in [5.74, 6) is 0.285. The molecule has 0 unspecified atom stereocenters. The first-order valence-corrected chi connectivity index (χ1v) is 7.56. The predicted molar refractivity (Wildman–Crippen MR) is 80.9 cm³/mol. The molecule has 3 atom stereocenters. The molecule has 116 valence electrons. The van der Waals surface area contributed by atoms with Crippen molar-refractivity contribution in [3.63, 3.8) is 0 Å². The highest BCUT2D eigenvalue weighted by molar-refractivity contribution is 5.74. The molecule has 1 saturated heterocycles. The van der Waals surface area contributed by atoms with Gasteiger partial charge < -0.3 is 20.5 Å². The third-order valence-electron chi connectivity index (χ3n) is 3.92. The molecule has 5 nitrogen and oxygen atoms in total. The summed E-state index contributed by atoms with van der Waals surface area (Å²) in [6.07, 6.45) is 1.70. The van der Waals surface area contributed by atoms with E-state index in [9.17, 15) is 4.79 Å². The van der Waals surface area contributed by atoms with E-state index >= 15 is 0 Å². The number of aliphatic hydroxyl groups excluding tert-OH is 1. The second-order valence-electron chi connectivity index (χ2n) is 5.39. The van der Waals surface area contributed by atoms with E-state index in [-0.39, 0.29) is 30.7 Å². The predicted octanol–water partition coefficient (Wildman–Crippen LogP) is 1.83. The third-order valence-corrected chi connectivity index (χ3v) is 3.92. The zero-order chi connectivity index (χ0) is 15.1. The van der Waals surface area contributed by atoms with Crippen LogP contribution in [-0.4, -0.2) is 36.9 Å². The Morgan fingerprint density at radius 2 is 2.19 bits per heavy atom. The SMILES string of the molecule is CC[C@@H](CO)NC(=O)NC[C@H]1CCO[C@H]1c1ccccc1. The first-order valence-electron chi connectivity index (χ1n) is 7.56. The van der Waals surface area contributed by atoms with Crippen LogP contribution in [0.5, 0.6) is 0 Å². The van der Waals surface area contributed by atoms with Crippen LogP contribution in [0.4, 0.5) is 4.79 Å². The Bertz CT molecular complexity index is 434. The lowest BCUT2D eigenvalue weighted by atomic mass is 9.95. The van der Waals surface area contributed by atoms with E-state index in [1.165, 1.54) is 0 Å². The van der Waals surface area contributed by atoms with E-state index in [0.717, 1.165) is 18.6 Å². The van der Waals surface area contributed by atoms with Crippen LogP contribution in [0.25, 0.3) is 0 Å². The van der Waals surface area contributed by atoms with Crippen molar-refractivity contribution in [1.82, 2.24) is 10.6 Å². The van der Waals surface area contributed by atoms with Gasteiger partial charge in [-0.05, 0) is 18.4 Å². The van der Waals surface area contributed by atoms with E-state index < -0.39 is 0 Å². The van der Waals surface area contributed by atoms with Gasteiger partial charge in [-0.2, -0.15) is 0 Å². The highest BCUT2D eigenvalue weighted by Gasteiger charge is 2.29. The van der Waals surface area contributed by atoms with Crippen molar-refractivity contribution in [2.75, 3.05) is 19.8 Å². The van der Waals surface area contributed by atoms with Gasteiger partial charge in [-0.15, -0.1) is 0 Å². The fourth-order valence-electron chi connectivity index (χ4n) is 2.59. The molecule has 0 spiro atoms. The monoisotopic (exact) mass is 292 g/mol. The lowest BCUT2D eigenvalue weighted by Gasteiger charge is -2.20. The number of nitrogens with one attached hydrogen (secondary N) is 2. The van der Waals surface area contributed by atoms with Gasteiger partial charge in [0.25, 0.3) is 0 Å². The third kappa shape index (κ3) is 4.44. The number of aliphatic hydroxyl groups is 1. The van der Waals surface area contributed by atoms with Gasteiger partial charge in [0.15, 0.2) is 0 Å². The molecule has 1 fully saturated rings. The van der Waals surface area contributed by atoms with Crippen LogP contribution in [-0.2, 0) is 4.74 Å². The van der Waals surface area contributed by atoms with Crippen molar-refractivity contribution in [2.45, 2.75) is 31.9 Å². The highest BCUT2D eigenvalue weighted by atomic mass is 16.5. The highest BCUT2D eigenvalue weighted by Crippen LogP contribution is 2.33. The average Bonchev–Trinajstić information content (AvgIpc) is 3.00. The van der Waals surface area contributed by atoms with Gasteiger partial charge in [0, 0.05) is 19.1 Å². The first-order chi connectivity index (χ1) is 10.2. The van der Waals surface area contributed by atoms with E-state index in [4.69, 9.17) is 9.84 Å². The van der Waals surface area contributed by atoms with Crippen molar-refractivity contribution < 1.29 is 14.6 Å². The van der Waals surface area contributed by atoms with Crippen molar-refractivity contribution in [1.29, 1.82) is 0 Å². The quantitative estimate of drug-likeness (QED) is 0.749. The minimum Gasteiger partial charge on any atom is -0.394 e. The minimum atomic E-state index is -0.227. The van der Waals surface area contributed by atoms with Gasteiger partial charge in [0.1, 0.15) is 0 Å². The Hall–Kier alpha value is -1.59. The number of benzene rings is 1. The van der Waals surface area contributed by atoms with Crippen molar-refractivity contribution >= 4 is 6.03 Å². The number of rotatable bonds is 6. The second kappa shape index (κ2) is 8.00. The van der Waals surface area contributed by atoms with Crippen LogP contribution in [0.2, 0.25) is 0 Å². The minimum absolute atomic E-state index is 0.0386. The molecule has 0 radical (unpaired) electrons. The number of ether oxygens (including phenoxy) is 1. The van der Waals surface area contributed by atoms with Gasteiger partial charge in [0.2, 0.25) is 0 Å². The van der Waals surface area contributed by atoms with Crippen LogP contribution in [0, 0.1) is 5.92 Å². The fourth-order valence-corrected chi connectivity index (χ4v) is 2.59. The van der Waals surface area contributed by atoms with Crippen molar-refractivity contribution in [2.24, 2.45) is 5.92 Å². The van der Waals surface area contributed by atoms with Crippen LogP contribution in [0.1, 0.15) is 31.4 Å². The first kappa shape index (κ1) is 15.8. The van der Waals surface area contributed by atoms with Crippen LogP contribution in [0.3, 0.4) is 0 Å². The number of carbonyl (C=O) groups is 1. The normalized spacial score (nSPS) is 22.8. The second-order valence-corrected chi connectivity index (χ2v) is 5.39. The Kier molecular flexibility index (Phi) is 6.02. The molecule has 2 rings (SSSR count). The molecule has 3 N–H and O–H groups in total. The number of hydrogen-bond donors (Lipinski definition) is 3. The number of amides is 2. The zero-order valence-corrected chi connectivity index (χ0v) is 12.4. The average molecular weight is 292 g/mol.